The lowest BCUT2D eigenvalue weighted by molar-refractivity contribution is 0.148. The highest BCUT2D eigenvalue weighted by Gasteiger charge is 2.28. The van der Waals surface area contributed by atoms with Crippen LogP contribution >= 0.6 is 11.3 Å². The second-order valence-electron chi connectivity index (χ2n) is 4.05. The van der Waals surface area contributed by atoms with Crippen LogP contribution in [0.5, 0.6) is 0 Å². The fourth-order valence-electron chi connectivity index (χ4n) is 1.57. The zero-order chi connectivity index (χ0) is 9.97. The zero-order valence-electron chi connectivity index (χ0n) is 8.49. The lowest BCUT2D eigenvalue weighted by atomic mass is 10.2. The topological polar surface area (TPSA) is 32.3 Å². The van der Waals surface area contributed by atoms with Crippen molar-refractivity contribution in [2.75, 3.05) is 6.54 Å². The fraction of sp³-hybridized carbons (Fsp3) is 0.636. The van der Waals surface area contributed by atoms with E-state index in [9.17, 15) is 5.11 Å². The van der Waals surface area contributed by atoms with Gasteiger partial charge in [0.25, 0.3) is 0 Å². The van der Waals surface area contributed by atoms with E-state index in [1.807, 2.05) is 11.3 Å². The Hall–Kier alpha value is -0.380. The Morgan fingerprint density at radius 1 is 1.57 bits per heavy atom. The molecule has 0 bridgehead atoms. The van der Waals surface area contributed by atoms with Crippen molar-refractivity contribution in [3.63, 3.8) is 0 Å². The number of rotatable bonds is 5. The van der Waals surface area contributed by atoms with Crippen LogP contribution in [0.4, 0.5) is 0 Å². The fourth-order valence-corrected chi connectivity index (χ4v) is 2.43. The molecule has 3 heteroatoms. The molecule has 2 N–H and O–H groups in total. The molecule has 2 nitrogen and oxygen atoms in total. The monoisotopic (exact) mass is 211 g/mol. The Morgan fingerprint density at radius 2 is 2.36 bits per heavy atom. The van der Waals surface area contributed by atoms with Crippen molar-refractivity contribution in [3.05, 3.63) is 21.9 Å². The van der Waals surface area contributed by atoms with Gasteiger partial charge in [-0.2, -0.15) is 0 Å². The molecule has 0 spiro atoms. The third-order valence-corrected chi connectivity index (χ3v) is 3.62. The zero-order valence-corrected chi connectivity index (χ0v) is 9.31. The third kappa shape index (κ3) is 2.80. The van der Waals surface area contributed by atoms with Crippen molar-refractivity contribution in [2.45, 2.75) is 32.4 Å². The molecule has 1 aromatic rings. The van der Waals surface area contributed by atoms with Crippen molar-refractivity contribution in [2.24, 2.45) is 5.92 Å². The van der Waals surface area contributed by atoms with Gasteiger partial charge in [-0.25, -0.2) is 0 Å². The van der Waals surface area contributed by atoms with Gasteiger partial charge >= 0.3 is 0 Å². The van der Waals surface area contributed by atoms with Gasteiger partial charge in [0, 0.05) is 22.8 Å². The van der Waals surface area contributed by atoms with Gasteiger partial charge in [-0.05, 0) is 37.8 Å². The van der Waals surface area contributed by atoms with E-state index in [-0.39, 0.29) is 6.10 Å². The molecule has 0 radical (unpaired) electrons. The molecule has 0 amide bonds. The van der Waals surface area contributed by atoms with E-state index in [1.54, 1.807) is 0 Å². The molecule has 1 saturated carbocycles. The van der Waals surface area contributed by atoms with Crippen LogP contribution in [0.25, 0.3) is 0 Å². The summed E-state index contributed by atoms with van der Waals surface area (Å²) in [5, 5.41) is 12.9. The van der Waals surface area contributed by atoms with Gasteiger partial charge < -0.3 is 10.4 Å². The van der Waals surface area contributed by atoms with Crippen LogP contribution in [-0.2, 0) is 6.54 Å². The number of aliphatic hydroxyl groups is 1. The van der Waals surface area contributed by atoms with Crippen molar-refractivity contribution < 1.29 is 5.11 Å². The number of nitrogens with one attached hydrogen (secondary N) is 1. The van der Waals surface area contributed by atoms with Crippen LogP contribution in [0.2, 0.25) is 0 Å². The Labute approximate surface area is 89.0 Å². The first kappa shape index (κ1) is 10.1. The highest BCUT2D eigenvalue weighted by Crippen LogP contribution is 2.32. The molecule has 0 aliphatic heterocycles. The third-order valence-electron chi connectivity index (χ3n) is 2.61. The minimum Gasteiger partial charge on any atom is -0.392 e. The maximum absolute atomic E-state index is 9.61. The molecule has 1 aliphatic carbocycles. The summed E-state index contributed by atoms with van der Waals surface area (Å²) in [7, 11) is 0. The first-order valence-corrected chi connectivity index (χ1v) is 6.01. The SMILES string of the molecule is Cc1ccc(CNCC(O)C2CC2)s1. The van der Waals surface area contributed by atoms with E-state index >= 15 is 0 Å². The Bertz CT molecular complexity index is 293. The van der Waals surface area contributed by atoms with Crippen molar-refractivity contribution in [3.8, 4) is 0 Å². The van der Waals surface area contributed by atoms with E-state index in [1.165, 1.54) is 22.6 Å². The molecule has 2 rings (SSSR count). The molecule has 1 unspecified atom stereocenters. The molecule has 78 valence electrons. The maximum Gasteiger partial charge on any atom is 0.0692 e. The smallest absolute Gasteiger partial charge is 0.0692 e. The lowest BCUT2D eigenvalue weighted by Gasteiger charge is -2.09. The molecule has 1 fully saturated rings. The number of aryl methyl sites for hydroxylation is 1. The number of thiophene rings is 1. The van der Waals surface area contributed by atoms with Gasteiger partial charge in [0.1, 0.15) is 0 Å². The van der Waals surface area contributed by atoms with Crippen LogP contribution in [0, 0.1) is 12.8 Å². The molecule has 1 aliphatic rings. The summed E-state index contributed by atoms with van der Waals surface area (Å²) in [5.74, 6) is 0.576. The summed E-state index contributed by atoms with van der Waals surface area (Å²) in [5.41, 5.74) is 0. The van der Waals surface area contributed by atoms with Crippen molar-refractivity contribution in [1.29, 1.82) is 0 Å². The molecular weight excluding hydrogens is 194 g/mol. The lowest BCUT2D eigenvalue weighted by Crippen LogP contribution is -2.27. The summed E-state index contributed by atoms with van der Waals surface area (Å²) >= 11 is 1.82. The van der Waals surface area contributed by atoms with Gasteiger partial charge in [-0.15, -0.1) is 11.3 Å². The average Bonchev–Trinajstić information content (AvgIpc) is 2.92. The molecule has 0 aromatic carbocycles. The normalized spacial score (nSPS) is 18.4. The summed E-state index contributed by atoms with van der Waals surface area (Å²) in [4.78, 5) is 2.70. The second-order valence-corrected chi connectivity index (χ2v) is 5.42. The number of hydrogen-bond acceptors (Lipinski definition) is 3. The standard InChI is InChI=1S/C11H17NOS/c1-8-2-5-10(14-8)6-12-7-11(13)9-3-4-9/h2,5,9,11-13H,3-4,6-7H2,1H3. The van der Waals surface area contributed by atoms with Gasteiger partial charge in [0.15, 0.2) is 0 Å². The minimum atomic E-state index is -0.129. The number of hydrogen-bond donors (Lipinski definition) is 2. The van der Waals surface area contributed by atoms with E-state index in [2.05, 4.69) is 24.4 Å². The minimum absolute atomic E-state index is 0.129. The van der Waals surface area contributed by atoms with Gasteiger partial charge in [0.2, 0.25) is 0 Å². The van der Waals surface area contributed by atoms with E-state index in [0.29, 0.717) is 5.92 Å². The summed E-state index contributed by atoms with van der Waals surface area (Å²) < 4.78 is 0. The Kier molecular flexibility index (Phi) is 3.21. The predicted molar refractivity (Wildman–Crippen MR) is 59.5 cm³/mol. The first-order chi connectivity index (χ1) is 6.75. The Balaban J connectivity index is 1.67. The van der Waals surface area contributed by atoms with Crippen molar-refractivity contribution in [1.82, 2.24) is 5.32 Å². The summed E-state index contributed by atoms with van der Waals surface area (Å²) in [6.45, 7) is 3.75. The van der Waals surface area contributed by atoms with E-state index in [0.717, 1.165) is 13.1 Å². The predicted octanol–water partition coefficient (Wildman–Crippen LogP) is 1.92. The number of aliphatic hydroxyl groups excluding tert-OH is 1. The maximum atomic E-state index is 9.61. The van der Waals surface area contributed by atoms with Gasteiger partial charge in [-0.3, -0.25) is 0 Å². The molecule has 1 atom stereocenters. The molecular formula is C11H17NOS. The van der Waals surface area contributed by atoms with E-state index < -0.39 is 0 Å². The molecule has 0 saturated heterocycles. The van der Waals surface area contributed by atoms with Crippen LogP contribution < -0.4 is 5.32 Å². The van der Waals surface area contributed by atoms with Crippen molar-refractivity contribution >= 4 is 11.3 Å². The van der Waals surface area contributed by atoms with Gasteiger partial charge in [0.05, 0.1) is 6.10 Å². The highest BCUT2D eigenvalue weighted by atomic mass is 32.1. The van der Waals surface area contributed by atoms with Crippen LogP contribution in [0.3, 0.4) is 0 Å². The molecule has 14 heavy (non-hydrogen) atoms. The molecule has 1 heterocycles. The quantitative estimate of drug-likeness (QED) is 0.780. The summed E-state index contributed by atoms with van der Waals surface area (Å²) in [6.07, 6.45) is 2.29. The van der Waals surface area contributed by atoms with E-state index in [4.69, 9.17) is 0 Å². The van der Waals surface area contributed by atoms with Gasteiger partial charge in [-0.1, -0.05) is 0 Å². The summed E-state index contributed by atoms with van der Waals surface area (Å²) in [6, 6.07) is 4.29. The second kappa shape index (κ2) is 4.43. The van der Waals surface area contributed by atoms with Crippen LogP contribution in [0.1, 0.15) is 22.6 Å². The molecule has 1 aromatic heterocycles. The highest BCUT2D eigenvalue weighted by molar-refractivity contribution is 7.11. The first-order valence-electron chi connectivity index (χ1n) is 5.20. The van der Waals surface area contributed by atoms with Crippen LogP contribution in [0.15, 0.2) is 12.1 Å². The Morgan fingerprint density at radius 3 is 2.93 bits per heavy atom. The largest absolute Gasteiger partial charge is 0.392 e. The van der Waals surface area contributed by atoms with Crippen LogP contribution in [-0.4, -0.2) is 17.8 Å². The average molecular weight is 211 g/mol.